The van der Waals surface area contributed by atoms with Crippen LogP contribution in [0.2, 0.25) is 0 Å². The van der Waals surface area contributed by atoms with Gasteiger partial charge in [0.1, 0.15) is 5.82 Å². The average Bonchev–Trinajstić information content (AvgIpc) is 2.40. The van der Waals surface area contributed by atoms with Crippen molar-refractivity contribution in [3.05, 3.63) is 64.7 Å². The summed E-state index contributed by atoms with van der Waals surface area (Å²) in [4.78, 5) is 4.34. The molecule has 1 heterocycles. The molecule has 106 valence electrons. The summed E-state index contributed by atoms with van der Waals surface area (Å²) < 4.78 is 13.6. The van der Waals surface area contributed by atoms with Gasteiger partial charge in [0.15, 0.2) is 0 Å². The van der Waals surface area contributed by atoms with Crippen LogP contribution in [-0.2, 0) is 0 Å². The molecule has 0 saturated heterocycles. The second-order valence-corrected chi connectivity index (χ2v) is 5.18. The lowest BCUT2D eigenvalue weighted by molar-refractivity contribution is 0.583. The lowest BCUT2D eigenvalue weighted by Gasteiger charge is -2.20. The minimum atomic E-state index is -0.191. The second-order valence-electron chi connectivity index (χ2n) is 5.18. The van der Waals surface area contributed by atoms with Crippen LogP contribution in [0.1, 0.15) is 41.8 Å². The summed E-state index contributed by atoms with van der Waals surface area (Å²) in [6, 6.07) is 9.19. The molecule has 2 aromatic rings. The summed E-state index contributed by atoms with van der Waals surface area (Å²) >= 11 is 0. The van der Waals surface area contributed by atoms with E-state index in [-0.39, 0.29) is 11.9 Å². The Bertz CT molecular complexity index is 543. The molecule has 0 aliphatic rings. The van der Waals surface area contributed by atoms with E-state index < -0.39 is 0 Å². The van der Waals surface area contributed by atoms with Crippen LogP contribution in [0.25, 0.3) is 0 Å². The number of hydrogen-bond acceptors (Lipinski definition) is 2. The van der Waals surface area contributed by atoms with Gasteiger partial charge in [-0.05, 0) is 61.7 Å². The third kappa shape index (κ3) is 3.64. The zero-order valence-corrected chi connectivity index (χ0v) is 12.3. The van der Waals surface area contributed by atoms with Gasteiger partial charge in [-0.2, -0.15) is 0 Å². The van der Waals surface area contributed by atoms with Crippen LogP contribution < -0.4 is 5.32 Å². The Morgan fingerprint density at radius 1 is 1.15 bits per heavy atom. The highest BCUT2D eigenvalue weighted by atomic mass is 19.1. The summed E-state index contributed by atoms with van der Waals surface area (Å²) in [5.74, 6) is -0.191. The van der Waals surface area contributed by atoms with E-state index in [2.05, 4.69) is 23.3 Å². The number of aryl methyl sites for hydroxylation is 2. The van der Waals surface area contributed by atoms with Gasteiger partial charge in [-0.15, -0.1) is 0 Å². The molecule has 0 saturated carbocycles. The largest absolute Gasteiger partial charge is 0.306 e. The maximum atomic E-state index is 13.6. The van der Waals surface area contributed by atoms with Crippen molar-refractivity contribution in [3.63, 3.8) is 0 Å². The standard InChI is InChI=1S/C17H21FN2/c1-4-7-19-17(14-6-5-13(3)20-11-14)15-8-12(2)9-16(18)10-15/h5-6,8-11,17,19H,4,7H2,1-3H3. The van der Waals surface area contributed by atoms with E-state index in [1.165, 1.54) is 0 Å². The first kappa shape index (κ1) is 14.7. The molecule has 1 aromatic carbocycles. The highest BCUT2D eigenvalue weighted by molar-refractivity contribution is 5.33. The molecule has 1 N–H and O–H groups in total. The number of nitrogens with zero attached hydrogens (tertiary/aromatic N) is 1. The van der Waals surface area contributed by atoms with Crippen molar-refractivity contribution in [1.82, 2.24) is 10.3 Å². The quantitative estimate of drug-likeness (QED) is 0.892. The zero-order chi connectivity index (χ0) is 14.5. The molecule has 0 fully saturated rings. The van der Waals surface area contributed by atoms with Crippen LogP contribution in [0.15, 0.2) is 36.5 Å². The number of benzene rings is 1. The average molecular weight is 272 g/mol. The molecule has 1 unspecified atom stereocenters. The SMILES string of the molecule is CCCNC(c1ccc(C)nc1)c1cc(C)cc(F)c1. The molecular formula is C17H21FN2. The van der Waals surface area contributed by atoms with E-state index in [0.29, 0.717) is 0 Å². The molecule has 0 aliphatic heterocycles. The predicted octanol–water partition coefficient (Wildman–Crippen LogP) is 3.93. The molecule has 20 heavy (non-hydrogen) atoms. The van der Waals surface area contributed by atoms with Crippen LogP contribution in [0, 0.1) is 19.7 Å². The second kappa shape index (κ2) is 6.62. The lowest BCUT2D eigenvalue weighted by Crippen LogP contribution is -2.23. The number of nitrogens with one attached hydrogen (secondary N) is 1. The number of hydrogen-bond donors (Lipinski definition) is 1. The molecule has 0 aliphatic carbocycles. The molecule has 0 amide bonds. The molecule has 1 aromatic heterocycles. The number of rotatable bonds is 5. The smallest absolute Gasteiger partial charge is 0.123 e. The van der Waals surface area contributed by atoms with Crippen LogP contribution >= 0.6 is 0 Å². The van der Waals surface area contributed by atoms with Crippen molar-refractivity contribution in [2.45, 2.75) is 33.2 Å². The van der Waals surface area contributed by atoms with Crippen LogP contribution in [-0.4, -0.2) is 11.5 Å². The monoisotopic (exact) mass is 272 g/mol. The van der Waals surface area contributed by atoms with E-state index >= 15 is 0 Å². The summed E-state index contributed by atoms with van der Waals surface area (Å²) in [5, 5.41) is 3.47. The van der Waals surface area contributed by atoms with Crippen LogP contribution in [0.3, 0.4) is 0 Å². The molecule has 2 nitrogen and oxygen atoms in total. The van der Waals surface area contributed by atoms with Gasteiger partial charge in [0.25, 0.3) is 0 Å². The van der Waals surface area contributed by atoms with Gasteiger partial charge in [-0.3, -0.25) is 4.98 Å². The zero-order valence-electron chi connectivity index (χ0n) is 12.3. The fraction of sp³-hybridized carbons (Fsp3) is 0.353. The van der Waals surface area contributed by atoms with Crippen molar-refractivity contribution in [2.24, 2.45) is 0 Å². The minimum absolute atomic E-state index is 0.0163. The number of halogens is 1. The highest BCUT2D eigenvalue weighted by Gasteiger charge is 2.14. The molecule has 2 rings (SSSR count). The van der Waals surface area contributed by atoms with Gasteiger partial charge in [0.2, 0.25) is 0 Å². The van der Waals surface area contributed by atoms with E-state index in [1.807, 2.05) is 32.2 Å². The van der Waals surface area contributed by atoms with Crippen molar-refractivity contribution in [3.8, 4) is 0 Å². The Morgan fingerprint density at radius 3 is 2.55 bits per heavy atom. The van der Waals surface area contributed by atoms with Crippen LogP contribution in [0.5, 0.6) is 0 Å². The van der Waals surface area contributed by atoms with Gasteiger partial charge in [0.05, 0.1) is 6.04 Å². The molecular weight excluding hydrogens is 251 g/mol. The molecule has 0 radical (unpaired) electrons. The number of aromatic nitrogens is 1. The van der Waals surface area contributed by atoms with Gasteiger partial charge >= 0.3 is 0 Å². The molecule has 3 heteroatoms. The van der Waals surface area contributed by atoms with Gasteiger partial charge in [0, 0.05) is 11.9 Å². The fourth-order valence-corrected chi connectivity index (χ4v) is 2.30. The van der Waals surface area contributed by atoms with Crippen molar-refractivity contribution in [1.29, 1.82) is 0 Å². The predicted molar refractivity (Wildman–Crippen MR) is 80.2 cm³/mol. The van der Waals surface area contributed by atoms with Gasteiger partial charge < -0.3 is 5.32 Å². The molecule has 0 spiro atoms. The maximum absolute atomic E-state index is 13.6. The summed E-state index contributed by atoms with van der Waals surface area (Å²) in [5.41, 5.74) is 3.93. The Labute approximate surface area is 120 Å². The summed E-state index contributed by atoms with van der Waals surface area (Å²) in [7, 11) is 0. The van der Waals surface area contributed by atoms with E-state index in [4.69, 9.17) is 0 Å². The van der Waals surface area contributed by atoms with E-state index in [0.717, 1.165) is 35.3 Å². The summed E-state index contributed by atoms with van der Waals surface area (Å²) in [6.07, 6.45) is 2.90. The lowest BCUT2D eigenvalue weighted by atomic mass is 9.98. The maximum Gasteiger partial charge on any atom is 0.123 e. The van der Waals surface area contributed by atoms with E-state index in [1.54, 1.807) is 12.1 Å². The van der Waals surface area contributed by atoms with E-state index in [9.17, 15) is 4.39 Å². The van der Waals surface area contributed by atoms with Crippen molar-refractivity contribution < 1.29 is 4.39 Å². The first-order valence-corrected chi connectivity index (χ1v) is 7.03. The van der Waals surface area contributed by atoms with Gasteiger partial charge in [-0.25, -0.2) is 4.39 Å². The Morgan fingerprint density at radius 2 is 1.95 bits per heavy atom. The summed E-state index contributed by atoms with van der Waals surface area (Å²) in [6.45, 7) is 6.88. The van der Waals surface area contributed by atoms with Crippen LogP contribution in [0.4, 0.5) is 4.39 Å². The van der Waals surface area contributed by atoms with Gasteiger partial charge in [-0.1, -0.05) is 19.1 Å². The number of pyridine rings is 1. The highest BCUT2D eigenvalue weighted by Crippen LogP contribution is 2.23. The molecule has 0 bridgehead atoms. The topological polar surface area (TPSA) is 24.9 Å². The Kier molecular flexibility index (Phi) is 4.85. The Hall–Kier alpha value is -1.74. The first-order chi connectivity index (χ1) is 9.60. The minimum Gasteiger partial charge on any atom is -0.306 e. The first-order valence-electron chi connectivity index (χ1n) is 7.03. The third-order valence-corrected chi connectivity index (χ3v) is 3.26. The Balaban J connectivity index is 2.38. The van der Waals surface area contributed by atoms with Crippen molar-refractivity contribution in [2.75, 3.05) is 6.54 Å². The fourth-order valence-electron chi connectivity index (χ4n) is 2.30. The van der Waals surface area contributed by atoms with Crippen molar-refractivity contribution >= 4 is 0 Å². The normalized spacial score (nSPS) is 12.4. The molecule has 1 atom stereocenters. The third-order valence-electron chi connectivity index (χ3n) is 3.26.